The Kier molecular flexibility index (Phi) is 3.48. The van der Waals surface area contributed by atoms with E-state index in [0.29, 0.717) is 28.0 Å². The van der Waals surface area contributed by atoms with Crippen molar-refractivity contribution in [3.05, 3.63) is 29.2 Å². The molecular formula is C16H17N3O4. The maximum Gasteiger partial charge on any atom is 0.342 e. The van der Waals surface area contributed by atoms with Crippen LogP contribution in [0.4, 0.5) is 5.82 Å². The molecule has 23 heavy (non-hydrogen) atoms. The zero-order valence-electron chi connectivity index (χ0n) is 13.3. The largest absolute Gasteiger partial charge is 0.496 e. The minimum absolute atomic E-state index is 0.254. The van der Waals surface area contributed by atoms with Crippen LogP contribution in [0.1, 0.15) is 21.8 Å². The van der Waals surface area contributed by atoms with E-state index in [2.05, 4.69) is 10.1 Å². The first-order chi connectivity index (χ1) is 11.0. The SMILES string of the molecule is COC(=O)c1c(N)[nH]c2cc(-c3c(C)noc3C)c(OC)cc12. The number of esters is 1. The summed E-state index contributed by atoms with van der Waals surface area (Å²) in [5.74, 6) is 1.04. The molecule has 0 saturated heterocycles. The van der Waals surface area contributed by atoms with Crippen LogP contribution in [0.15, 0.2) is 16.7 Å². The van der Waals surface area contributed by atoms with Crippen LogP contribution in [0.3, 0.4) is 0 Å². The molecule has 120 valence electrons. The molecule has 0 unspecified atom stereocenters. The van der Waals surface area contributed by atoms with E-state index in [0.717, 1.165) is 16.8 Å². The van der Waals surface area contributed by atoms with E-state index in [9.17, 15) is 4.79 Å². The van der Waals surface area contributed by atoms with Crippen LogP contribution < -0.4 is 10.5 Å². The topological polar surface area (TPSA) is 103 Å². The van der Waals surface area contributed by atoms with Crippen molar-refractivity contribution in [2.45, 2.75) is 13.8 Å². The molecule has 0 atom stereocenters. The first-order valence-electron chi connectivity index (χ1n) is 6.98. The number of aryl methyl sites for hydroxylation is 2. The number of H-pyrrole nitrogens is 1. The van der Waals surface area contributed by atoms with Gasteiger partial charge in [-0.15, -0.1) is 0 Å². The summed E-state index contributed by atoms with van der Waals surface area (Å²) < 4.78 is 15.5. The average molecular weight is 315 g/mol. The van der Waals surface area contributed by atoms with Gasteiger partial charge in [0.25, 0.3) is 0 Å². The number of nitrogens with one attached hydrogen (secondary N) is 1. The predicted molar refractivity (Wildman–Crippen MR) is 85.6 cm³/mol. The predicted octanol–water partition coefficient (Wildman–Crippen LogP) is 2.82. The number of nitrogens with two attached hydrogens (primary N) is 1. The van der Waals surface area contributed by atoms with Crippen molar-refractivity contribution < 1.29 is 18.8 Å². The molecule has 3 rings (SSSR count). The van der Waals surface area contributed by atoms with Gasteiger partial charge in [-0.25, -0.2) is 4.79 Å². The summed E-state index contributed by atoms with van der Waals surface area (Å²) in [6, 6.07) is 3.62. The molecule has 2 aromatic heterocycles. The van der Waals surface area contributed by atoms with E-state index in [1.807, 2.05) is 19.9 Å². The Morgan fingerprint density at radius 2 is 2.04 bits per heavy atom. The Bertz CT molecular complexity index is 888. The molecule has 1 aromatic carbocycles. The number of carbonyl (C=O) groups excluding carboxylic acids is 1. The Labute approximate surface area is 132 Å². The van der Waals surface area contributed by atoms with Gasteiger partial charge in [0.15, 0.2) is 0 Å². The van der Waals surface area contributed by atoms with Crippen LogP contribution in [-0.2, 0) is 4.74 Å². The minimum atomic E-state index is -0.499. The molecule has 0 amide bonds. The fourth-order valence-electron chi connectivity index (χ4n) is 2.80. The number of aromatic nitrogens is 2. The molecule has 7 nitrogen and oxygen atoms in total. The number of hydrogen-bond donors (Lipinski definition) is 2. The monoisotopic (exact) mass is 315 g/mol. The van der Waals surface area contributed by atoms with E-state index in [1.54, 1.807) is 13.2 Å². The van der Waals surface area contributed by atoms with Crippen molar-refractivity contribution in [3.8, 4) is 16.9 Å². The Balaban J connectivity index is 2.32. The molecule has 0 radical (unpaired) electrons. The lowest BCUT2D eigenvalue weighted by Crippen LogP contribution is -2.03. The van der Waals surface area contributed by atoms with Gasteiger partial charge in [0.05, 0.1) is 25.5 Å². The molecule has 2 heterocycles. The van der Waals surface area contributed by atoms with Gasteiger partial charge in [-0.1, -0.05) is 5.16 Å². The van der Waals surface area contributed by atoms with Crippen molar-refractivity contribution in [1.82, 2.24) is 10.1 Å². The number of rotatable bonds is 3. The molecule has 3 aromatic rings. The quantitative estimate of drug-likeness (QED) is 0.720. The van der Waals surface area contributed by atoms with Gasteiger partial charge in [-0.05, 0) is 26.0 Å². The zero-order chi connectivity index (χ0) is 16.7. The molecule has 0 bridgehead atoms. The van der Waals surface area contributed by atoms with Gasteiger partial charge in [-0.3, -0.25) is 0 Å². The summed E-state index contributed by atoms with van der Waals surface area (Å²) >= 11 is 0. The summed E-state index contributed by atoms with van der Waals surface area (Å²) in [5, 5.41) is 4.61. The number of aromatic amines is 1. The van der Waals surface area contributed by atoms with Gasteiger partial charge in [0, 0.05) is 16.5 Å². The fraction of sp³-hybridized carbons (Fsp3) is 0.250. The van der Waals surface area contributed by atoms with Crippen molar-refractivity contribution in [2.75, 3.05) is 20.0 Å². The summed E-state index contributed by atoms with van der Waals surface area (Å²) in [5.41, 5.74) is 9.36. The van der Waals surface area contributed by atoms with Crippen LogP contribution in [0, 0.1) is 13.8 Å². The lowest BCUT2D eigenvalue weighted by Gasteiger charge is -2.09. The fourth-order valence-corrected chi connectivity index (χ4v) is 2.80. The highest BCUT2D eigenvalue weighted by Gasteiger charge is 2.22. The summed E-state index contributed by atoms with van der Waals surface area (Å²) in [6.45, 7) is 3.69. The summed E-state index contributed by atoms with van der Waals surface area (Å²) in [7, 11) is 2.88. The highest BCUT2D eigenvalue weighted by Crippen LogP contribution is 2.39. The van der Waals surface area contributed by atoms with E-state index >= 15 is 0 Å². The number of hydrogen-bond acceptors (Lipinski definition) is 6. The molecular weight excluding hydrogens is 298 g/mol. The number of carbonyl (C=O) groups is 1. The average Bonchev–Trinajstić information content (AvgIpc) is 3.03. The zero-order valence-corrected chi connectivity index (χ0v) is 13.3. The number of benzene rings is 1. The summed E-state index contributed by atoms with van der Waals surface area (Å²) in [6.07, 6.45) is 0. The number of nitrogen functional groups attached to an aromatic ring is 1. The van der Waals surface area contributed by atoms with Gasteiger partial charge >= 0.3 is 5.97 Å². The van der Waals surface area contributed by atoms with Crippen molar-refractivity contribution in [1.29, 1.82) is 0 Å². The lowest BCUT2D eigenvalue weighted by atomic mass is 10.0. The number of anilines is 1. The molecule has 0 aliphatic rings. The van der Waals surface area contributed by atoms with Crippen LogP contribution in [0.5, 0.6) is 5.75 Å². The van der Waals surface area contributed by atoms with E-state index in [-0.39, 0.29) is 5.82 Å². The molecule has 0 fully saturated rings. The summed E-state index contributed by atoms with van der Waals surface area (Å²) in [4.78, 5) is 14.9. The van der Waals surface area contributed by atoms with E-state index in [4.69, 9.17) is 19.7 Å². The smallest absolute Gasteiger partial charge is 0.342 e. The van der Waals surface area contributed by atoms with Crippen molar-refractivity contribution >= 4 is 22.7 Å². The van der Waals surface area contributed by atoms with E-state index < -0.39 is 5.97 Å². The van der Waals surface area contributed by atoms with Crippen molar-refractivity contribution in [3.63, 3.8) is 0 Å². The minimum Gasteiger partial charge on any atom is -0.496 e. The van der Waals surface area contributed by atoms with Crippen molar-refractivity contribution in [2.24, 2.45) is 0 Å². The maximum absolute atomic E-state index is 11.9. The maximum atomic E-state index is 11.9. The third-order valence-corrected chi connectivity index (χ3v) is 3.84. The molecule has 7 heteroatoms. The second kappa shape index (κ2) is 5.35. The Hall–Kier alpha value is -2.96. The Morgan fingerprint density at radius 3 is 2.61 bits per heavy atom. The molecule has 0 aliphatic heterocycles. The van der Waals surface area contributed by atoms with Crippen LogP contribution >= 0.6 is 0 Å². The van der Waals surface area contributed by atoms with Gasteiger partial charge < -0.3 is 24.7 Å². The third kappa shape index (κ3) is 2.21. The Morgan fingerprint density at radius 1 is 1.30 bits per heavy atom. The molecule has 0 aliphatic carbocycles. The number of ether oxygens (including phenoxy) is 2. The van der Waals surface area contributed by atoms with Gasteiger partial charge in [0.2, 0.25) is 0 Å². The molecule has 0 saturated carbocycles. The van der Waals surface area contributed by atoms with Gasteiger partial charge in [-0.2, -0.15) is 0 Å². The van der Waals surface area contributed by atoms with Gasteiger partial charge in [0.1, 0.15) is 22.9 Å². The number of fused-ring (bicyclic) bond motifs is 1. The molecule has 3 N–H and O–H groups in total. The third-order valence-electron chi connectivity index (χ3n) is 3.84. The first-order valence-corrected chi connectivity index (χ1v) is 6.98. The first kappa shape index (κ1) is 15.0. The molecule has 0 spiro atoms. The van der Waals surface area contributed by atoms with E-state index in [1.165, 1.54) is 7.11 Å². The van der Waals surface area contributed by atoms with Crippen LogP contribution in [-0.4, -0.2) is 30.3 Å². The lowest BCUT2D eigenvalue weighted by molar-refractivity contribution is 0.0604. The highest BCUT2D eigenvalue weighted by molar-refractivity contribution is 6.10. The number of nitrogens with zero attached hydrogens (tertiary/aromatic N) is 1. The standard InChI is InChI=1S/C16H17N3O4/c1-7-13(8(2)23-19-7)10-5-11-9(6-12(10)21-3)14(15(17)18-11)16(20)22-4/h5-6,18H,17H2,1-4H3. The van der Waals surface area contributed by atoms with Crippen LogP contribution in [0.2, 0.25) is 0 Å². The van der Waals surface area contributed by atoms with Crippen LogP contribution in [0.25, 0.3) is 22.0 Å². The highest BCUT2D eigenvalue weighted by atomic mass is 16.5. The second-order valence-corrected chi connectivity index (χ2v) is 5.20. The normalized spacial score (nSPS) is 11.0. The second-order valence-electron chi connectivity index (χ2n) is 5.20. The number of methoxy groups -OCH3 is 2.